The van der Waals surface area contributed by atoms with Gasteiger partial charge in [0.15, 0.2) is 0 Å². The highest BCUT2D eigenvalue weighted by atomic mass is 32.2. The smallest absolute Gasteiger partial charge is 0.261 e. The number of anilines is 1. The lowest BCUT2D eigenvalue weighted by Crippen LogP contribution is -2.41. The maximum atomic E-state index is 12.9. The van der Waals surface area contributed by atoms with Gasteiger partial charge >= 0.3 is 0 Å². The second kappa shape index (κ2) is 8.45. The maximum absolute atomic E-state index is 12.9. The molecule has 31 heavy (non-hydrogen) atoms. The minimum atomic E-state index is -3.61. The van der Waals surface area contributed by atoms with Crippen LogP contribution in [0, 0.1) is 5.92 Å². The predicted molar refractivity (Wildman–Crippen MR) is 117 cm³/mol. The number of hydrogen-bond acceptors (Lipinski definition) is 6. The average Bonchev–Trinajstić information content (AvgIpc) is 3.08. The van der Waals surface area contributed by atoms with E-state index in [0.29, 0.717) is 12.8 Å². The largest absolute Gasteiger partial charge is 0.325 e. The van der Waals surface area contributed by atoms with Gasteiger partial charge in [0.2, 0.25) is 15.9 Å². The highest BCUT2D eigenvalue weighted by molar-refractivity contribution is 7.98. The van der Waals surface area contributed by atoms with E-state index in [4.69, 9.17) is 0 Å². The number of piperidine rings is 1. The van der Waals surface area contributed by atoms with Crippen LogP contribution < -0.4 is 10.6 Å². The van der Waals surface area contributed by atoms with Crippen LogP contribution in [0.4, 0.5) is 5.69 Å². The predicted octanol–water partition coefficient (Wildman–Crippen LogP) is 2.33. The lowest BCUT2D eigenvalue weighted by molar-refractivity contribution is -0.120. The fraction of sp³-hybridized carbons (Fsp3) is 0.286. The molecule has 2 N–H and O–H groups in total. The van der Waals surface area contributed by atoms with E-state index < -0.39 is 21.8 Å². The van der Waals surface area contributed by atoms with E-state index in [1.165, 1.54) is 22.1 Å². The van der Waals surface area contributed by atoms with Crippen LogP contribution in [0.1, 0.15) is 33.6 Å². The molecular formula is C21H21N3O5S2. The summed E-state index contributed by atoms with van der Waals surface area (Å²) < 4.78 is 27.2. The van der Waals surface area contributed by atoms with E-state index in [9.17, 15) is 22.8 Å². The zero-order chi connectivity index (χ0) is 22.2. The number of benzene rings is 2. The summed E-state index contributed by atoms with van der Waals surface area (Å²) in [5.41, 5.74) is 0.681. The Labute approximate surface area is 184 Å². The SMILES string of the molecule is CSc1ccc(S(=O)(=O)N2CCC(C(=O)Nc3cccc4c3C(=O)NC4=O)CC2)cc1. The van der Waals surface area contributed by atoms with E-state index >= 15 is 0 Å². The molecular weight excluding hydrogens is 438 g/mol. The first kappa shape index (κ1) is 21.5. The average molecular weight is 460 g/mol. The molecule has 2 aliphatic heterocycles. The number of rotatable bonds is 5. The first-order valence-corrected chi connectivity index (χ1v) is 12.4. The Bertz CT molecular complexity index is 1150. The summed E-state index contributed by atoms with van der Waals surface area (Å²) in [5.74, 6) is -1.70. The Hall–Kier alpha value is -2.69. The molecule has 0 unspecified atom stereocenters. The molecule has 1 fully saturated rings. The second-order valence-corrected chi connectivity index (χ2v) is 10.2. The quantitative estimate of drug-likeness (QED) is 0.524. The number of carbonyl (C=O) groups excluding carboxylic acids is 3. The third-order valence-corrected chi connectivity index (χ3v) is 8.20. The molecule has 2 heterocycles. The number of hydrogen-bond donors (Lipinski definition) is 2. The van der Waals surface area contributed by atoms with E-state index in [0.717, 1.165) is 4.90 Å². The molecule has 0 atom stereocenters. The zero-order valence-electron chi connectivity index (χ0n) is 16.8. The van der Waals surface area contributed by atoms with Crippen molar-refractivity contribution in [3.8, 4) is 0 Å². The van der Waals surface area contributed by atoms with Gasteiger partial charge in [-0.25, -0.2) is 8.42 Å². The van der Waals surface area contributed by atoms with Gasteiger partial charge in [0, 0.05) is 23.9 Å². The van der Waals surface area contributed by atoms with Gasteiger partial charge in [0.05, 0.1) is 21.7 Å². The molecule has 4 rings (SSSR count). The Morgan fingerprint density at radius 3 is 2.39 bits per heavy atom. The van der Waals surface area contributed by atoms with Gasteiger partial charge in [0.1, 0.15) is 0 Å². The number of nitrogens with zero attached hydrogens (tertiary/aromatic N) is 1. The van der Waals surface area contributed by atoms with E-state index in [1.54, 1.807) is 36.4 Å². The highest BCUT2D eigenvalue weighted by Gasteiger charge is 2.34. The van der Waals surface area contributed by atoms with Crippen LogP contribution >= 0.6 is 11.8 Å². The Morgan fingerprint density at radius 2 is 1.74 bits per heavy atom. The van der Waals surface area contributed by atoms with Crippen LogP contribution in [-0.4, -0.2) is 49.8 Å². The molecule has 0 aromatic heterocycles. The molecule has 0 bridgehead atoms. The maximum Gasteiger partial charge on any atom is 0.261 e. The lowest BCUT2D eigenvalue weighted by Gasteiger charge is -2.30. The summed E-state index contributed by atoms with van der Waals surface area (Å²) in [7, 11) is -3.61. The fourth-order valence-corrected chi connectivity index (χ4v) is 5.69. The van der Waals surface area contributed by atoms with Crippen molar-refractivity contribution in [3.05, 3.63) is 53.6 Å². The van der Waals surface area contributed by atoms with E-state index in [-0.39, 0.29) is 46.6 Å². The van der Waals surface area contributed by atoms with Crippen molar-refractivity contribution in [2.45, 2.75) is 22.6 Å². The molecule has 2 aromatic carbocycles. The molecule has 8 nitrogen and oxygen atoms in total. The third-order valence-electron chi connectivity index (χ3n) is 5.54. The number of sulfonamides is 1. The number of fused-ring (bicyclic) bond motifs is 1. The van der Waals surface area contributed by atoms with Gasteiger partial charge in [-0.1, -0.05) is 6.07 Å². The standard InChI is InChI=1S/C21H21N3O5S2/c1-30-14-5-7-15(8-6-14)31(28,29)24-11-9-13(10-12-24)19(25)22-17-4-2-3-16-18(17)21(27)23-20(16)26/h2-8,13H,9-12H2,1H3,(H,22,25)(H,23,26,27). The van der Waals surface area contributed by atoms with E-state index in [2.05, 4.69) is 10.6 Å². The molecule has 10 heteroatoms. The van der Waals surface area contributed by atoms with Crippen molar-refractivity contribution in [3.63, 3.8) is 0 Å². The van der Waals surface area contributed by atoms with Crippen LogP contribution in [0.3, 0.4) is 0 Å². The zero-order valence-corrected chi connectivity index (χ0v) is 18.4. The van der Waals surface area contributed by atoms with E-state index in [1.807, 2.05) is 6.26 Å². The lowest BCUT2D eigenvalue weighted by atomic mass is 9.96. The molecule has 0 aliphatic carbocycles. The van der Waals surface area contributed by atoms with Crippen molar-refractivity contribution in [2.75, 3.05) is 24.7 Å². The third kappa shape index (κ3) is 4.10. The number of nitrogens with one attached hydrogen (secondary N) is 2. The van der Waals surface area contributed by atoms with Gasteiger partial charge in [-0.3, -0.25) is 19.7 Å². The normalized spacial score (nSPS) is 17.3. The summed E-state index contributed by atoms with van der Waals surface area (Å²) in [6.45, 7) is 0.465. The minimum absolute atomic E-state index is 0.162. The van der Waals surface area contributed by atoms with Crippen molar-refractivity contribution in [2.24, 2.45) is 5.92 Å². The fourth-order valence-electron chi connectivity index (χ4n) is 3.81. The van der Waals surface area contributed by atoms with Crippen LogP contribution in [-0.2, 0) is 14.8 Å². The molecule has 0 saturated carbocycles. The topological polar surface area (TPSA) is 113 Å². The van der Waals surface area contributed by atoms with Gasteiger partial charge in [-0.15, -0.1) is 11.8 Å². The summed E-state index contributed by atoms with van der Waals surface area (Å²) in [6, 6.07) is 11.5. The van der Waals surface area contributed by atoms with Crippen LogP contribution in [0.15, 0.2) is 52.3 Å². The van der Waals surface area contributed by atoms with Gasteiger partial charge < -0.3 is 5.32 Å². The highest BCUT2D eigenvalue weighted by Crippen LogP contribution is 2.28. The molecule has 3 amide bonds. The van der Waals surface area contributed by atoms with Crippen LogP contribution in [0.5, 0.6) is 0 Å². The summed E-state index contributed by atoms with van der Waals surface area (Å²) in [5, 5.41) is 4.96. The number of amides is 3. The summed E-state index contributed by atoms with van der Waals surface area (Å²) in [4.78, 5) is 37.8. The Balaban J connectivity index is 1.42. The monoisotopic (exact) mass is 459 g/mol. The molecule has 2 aromatic rings. The van der Waals surface area contributed by atoms with Crippen molar-refractivity contribution in [1.29, 1.82) is 0 Å². The number of imide groups is 1. The molecule has 2 aliphatic rings. The van der Waals surface area contributed by atoms with Crippen LogP contribution in [0.2, 0.25) is 0 Å². The summed E-state index contributed by atoms with van der Waals surface area (Å²) >= 11 is 1.54. The number of carbonyl (C=O) groups is 3. The van der Waals surface area contributed by atoms with Gasteiger partial charge in [0.25, 0.3) is 11.8 Å². The minimum Gasteiger partial charge on any atom is -0.325 e. The first-order valence-electron chi connectivity index (χ1n) is 9.75. The second-order valence-electron chi connectivity index (χ2n) is 7.35. The first-order chi connectivity index (χ1) is 14.8. The van der Waals surface area contributed by atoms with Gasteiger partial charge in [-0.05, 0) is 55.5 Å². The van der Waals surface area contributed by atoms with Crippen molar-refractivity contribution >= 4 is 45.2 Å². The molecule has 1 saturated heterocycles. The Kier molecular flexibility index (Phi) is 5.87. The molecule has 162 valence electrons. The number of thioether (sulfide) groups is 1. The molecule has 0 radical (unpaired) electrons. The Morgan fingerprint density at radius 1 is 1.06 bits per heavy atom. The van der Waals surface area contributed by atoms with Crippen LogP contribution in [0.25, 0.3) is 0 Å². The van der Waals surface area contributed by atoms with Crippen molar-refractivity contribution in [1.82, 2.24) is 9.62 Å². The van der Waals surface area contributed by atoms with Crippen molar-refractivity contribution < 1.29 is 22.8 Å². The molecule has 0 spiro atoms. The summed E-state index contributed by atoms with van der Waals surface area (Å²) in [6.07, 6.45) is 2.66. The van der Waals surface area contributed by atoms with Gasteiger partial charge in [-0.2, -0.15) is 4.31 Å².